The second kappa shape index (κ2) is 10.9. The van der Waals surface area contributed by atoms with Crippen LogP contribution in [-0.4, -0.2) is 51.3 Å². The molecular formula is C26H29N7O4. The Morgan fingerprint density at radius 2 is 1.49 bits per heavy atom. The molecule has 192 valence electrons. The van der Waals surface area contributed by atoms with Crippen molar-refractivity contribution in [3.8, 4) is 0 Å². The van der Waals surface area contributed by atoms with Gasteiger partial charge in [0.1, 0.15) is 17.1 Å². The molecule has 5 N–H and O–H groups in total. The number of carbonyl (C=O) groups excluding carboxylic acids is 4. The fourth-order valence-electron chi connectivity index (χ4n) is 4.00. The summed E-state index contributed by atoms with van der Waals surface area (Å²) >= 11 is 0. The van der Waals surface area contributed by atoms with Crippen molar-refractivity contribution in [2.45, 2.75) is 12.8 Å². The van der Waals surface area contributed by atoms with Crippen molar-refractivity contribution in [2.24, 2.45) is 14.1 Å². The lowest BCUT2D eigenvalue weighted by Gasteiger charge is -2.06. The first-order valence-corrected chi connectivity index (χ1v) is 11.8. The van der Waals surface area contributed by atoms with E-state index in [1.165, 1.54) is 0 Å². The first-order valence-electron chi connectivity index (χ1n) is 11.8. The molecule has 4 amide bonds. The van der Waals surface area contributed by atoms with Crippen LogP contribution in [0.3, 0.4) is 0 Å². The Bertz CT molecular complexity index is 1440. The van der Waals surface area contributed by atoms with E-state index in [0.29, 0.717) is 41.4 Å². The van der Waals surface area contributed by atoms with Gasteiger partial charge in [0.25, 0.3) is 17.7 Å². The normalized spacial score (nSPS) is 10.8. The van der Waals surface area contributed by atoms with Crippen LogP contribution in [0.15, 0.2) is 54.9 Å². The van der Waals surface area contributed by atoms with Crippen LogP contribution in [-0.2, 0) is 18.9 Å². The predicted molar refractivity (Wildman–Crippen MR) is 141 cm³/mol. The van der Waals surface area contributed by atoms with E-state index < -0.39 is 0 Å². The molecule has 0 aliphatic rings. The van der Waals surface area contributed by atoms with Crippen LogP contribution in [0, 0.1) is 0 Å². The average Bonchev–Trinajstić information content (AvgIpc) is 3.57. The molecule has 3 aromatic heterocycles. The third-order valence-corrected chi connectivity index (χ3v) is 5.88. The standard InChI is InChI=1S/C26H29N7O4/c1-27-25(36)21-12-17(14-32(21)2)29-23(34)9-6-10-28-26(37)22-13-18(15-33(22)3)30-24(35)20-11-16-7-4-5-8-19(16)31-20/h4-5,7-8,11-15,31H,6,9-10H2,1-3H3,(H,27,36)(H,28,37)(H,29,34)(H,30,35). The van der Waals surface area contributed by atoms with Crippen molar-refractivity contribution < 1.29 is 19.2 Å². The number of carbonyl (C=O) groups is 4. The maximum absolute atomic E-state index is 12.6. The lowest BCUT2D eigenvalue weighted by molar-refractivity contribution is -0.116. The van der Waals surface area contributed by atoms with Gasteiger partial charge in [0.2, 0.25) is 5.91 Å². The number of anilines is 2. The van der Waals surface area contributed by atoms with Gasteiger partial charge in [0.05, 0.1) is 11.4 Å². The SMILES string of the molecule is CNC(=O)c1cc(NC(=O)CCCNC(=O)c2cc(NC(=O)c3cc4ccccc4[nH]3)cn2C)cn1C. The minimum atomic E-state index is -0.313. The Kier molecular flexibility index (Phi) is 7.42. The van der Waals surface area contributed by atoms with Crippen molar-refractivity contribution in [1.29, 1.82) is 0 Å². The van der Waals surface area contributed by atoms with E-state index in [1.807, 2.05) is 24.3 Å². The molecule has 0 spiro atoms. The van der Waals surface area contributed by atoms with Gasteiger partial charge >= 0.3 is 0 Å². The zero-order chi connectivity index (χ0) is 26.5. The van der Waals surface area contributed by atoms with E-state index >= 15 is 0 Å². The summed E-state index contributed by atoms with van der Waals surface area (Å²) in [6.07, 6.45) is 3.95. The molecule has 11 heteroatoms. The summed E-state index contributed by atoms with van der Waals surface area (Å²) in [5, 5.41) is 11.8. The smallest absolute Gasteiger partial charge is 0.272 e. The van der Waals surface area contributed by atoms with Crippen LogP contribution >= 0.6 is 0 Å². The number of para-hydroxylation sites is 1. The maximum Gasteiger partial charge on any atom is 0.272 e. The molecule has 0 aliphatic heterocycles. The third-order valence-electron chi connectivity index (χ3n) is 5.88. The molecule has 0 bridgehead atoms. The highest BCUT2D eigenvalue weighted by Gasteiger charge is 2.16. The zero-order valence-electron chi connectivity index (χ0n) is 20.8. The van der Waals surface area contributed by atoms with Crippen LogP contribution in [0.2, 0.25) is 0 Å². The van der Waals surface area contributed by atoms with Gasteiger partial charge in [-0.05, 0) is 30.7 Å². The summed E-state index contributed by atoms with van der Waals surface area (Å²) in [6.45, 7) is 0.298. The van der Waals surface area contributed by atoms with Crippen molar-refractivity contribution in [2.75, 3.05) is 24.2 Å². The topological polar surface area (TPSA) is 142 Å². The number of hydrogen-bond acceptors (Lipinski definition) is 4. The fraction of sp³-hybridized carbons (Fsp3) is 0.231. The molecule has 0 fully saturated rings. The Hall–Kier alpha value is -4.80. The molecule has 0 unspecified atom stereocenters. The van der Waals surface area contributed by atoms with E-state index in [2.05, 4.69) is 26.3 Å². The molecule has 0 atom stereocenters. The Balaban J connectivity index is 1.25. The van der Waals surface area contributed by atoms with Crippen LogP contribution in [0.5, 0.6) is 0 Å². The van der Waals surface area contributed by atoms with Crippen molar-refractivity contribution in [3.05, 3.63) is 71.9 Å². The van der Waals surface area contributed by atoms with E-state index in [4.69, 9.17) is 0 Å². The Morgan fingerprint density at radius 3 is 2.16 bits per heavy atom. The first-order chi connectivity index (χ1) is 17.7. The fourth-order valence-corrected chi connectivity index (χ4v) is 4.00. The van der Waals surface area contributed by atoms with Crippen molar-refractivity contribution in [3.63, 3.8) is 0 Å². The number of rotatable bonds is 9. The van der Waals surface area contributed by atoms with Gasteiger partial charge in [0, 0.05) is 57.4 Å². The Labute approximate surface area is 213 Å². The number of nitrogens with one attached hydrogen (secondary N) is 5. The van der Waals surface area contributed by atoms with Gasteiger partial charge < -0.3 is 35.4 Å². The number of amides is 4. The van der Waals surface area contributed by atoms with Crippen LogP contribution in [0.1, 0.15) is 44.3 Å². The minimum absolute atomic E-state index is 0.198. The largest absolute Gasteiger partial charge is 0.354 e. The molecule has 0 radical (unpaired) electrons. The van der Waals surface area contributed by atoms with Crippen LogP contribution in [0.4, 0.5) is 11.4 Å². The number of H-pyrrole nitrogens is 1. The number of benzene rings is 1. The lowest BCUT2D eigenvalue weighted by Crippen LogP contribution is -2.27. The summed E-state index contributed by atoms with van der Waals surface area (Å²) < 4.78 is 3.26. The molecule has 11 nitrogen and oxygen atoms in total. The summed E-state index contributed by atoms with van der Waals surface area (Å²) in [4.78, 5) is 52.4. The van der Waals surface area contributed by atoms with E-state index in [1.54, 1.807) is 60.9 Å². The quantitative estimate of drug-likeness (QED) is 0.224. The molecule has 0 aliphatic carbocycles. The number of aryl methyl sites for hydroxylation is 2. The Morgan fingerprint density at radius 1 is 0.838 bits per heavy atom. The average molecular weight is 504 g/mol. The highest BCUT2D eigenvalue weighted by atomic mass is 16.2. The molecule has 37 heavy (non-hydrogen) atoms. The minimum Gasteiger partial charge on any atom is -0.354 e. The van der Waals surface area contributed by atoms with Gasteiger partial charge in [0.15, 0.2) is 0 Å². The van der Waals surface area contributed by atoms with Gasteiger partial charge in [-0.2, -0.15) is 0 Å². The summed E-state index contributed by atoms with van der Waals surface area (Å²) in [5.41, 5.74) is 3.13. The summed E-state index contributed by atoms with van der Waals surface area (Å²) in [7, 11) is 4.98. The molecule has 0 saturated carbocycles. The van der Waals surface area contributed by atoms with Crippen LogP contribution < -0.4 is 21.3 Å². The summed E-state index contributed by atoms with van der Waals surface area (Å²) in [6, 6.07) is 12.6. The van der Waals surface area contributed by atoms with Gasteiger partial charge in [-0.15, -0.1) is 0 Å². The van der Waals surface area contributed by atoms with Crippen molar-refractivity contribution in [1.82, 2.24) is 24.8 Å². The molecule has 3 heterocycles. The number of nitrogens with zero attached hydrogens (tertiary/aromatic N) is 2. The lowest BCUT2D eigenvalue weighted by atomic mass is 10.2. The number of aromatic nitrogens is 3. The second-order valence-electron chi connectivity index (χ2n) is 8.66. The predicted octanol–water partition coefficient (Wildman–Crippen LogP) is 2.61. The van der Waals surface area contributed by atoms with E-state index in [9.17, 15) is 19.2 Å². The molecular weight excluding hydrogens is 474 g/mol. The maximum atomic E-state index is 12.6. The van der Waals surface area contributed by atoms with Crippen LogP contribution in [0.25, 0.3) is 10.9 Å². The van der Waals surface area contributed by atoms with E-state index in [0.717, 1.165) is 10.9 Å². The monoisotopic (exact) mass is 503 g/mol. The number of aromatic amines is 1. The summed E-state index contributed by atoms with van der Waals surface area (Å²) in [5.74, 6) is -1.08. The number of hydrogen-bond donors (Lipinski definition) is 5. The molecule has 4 aromatic rings. The van der Waals surface area contributed by atoms with Crippen molar-refractivity contribution >= 4 is 45.9 Å². The van der Waals surface area contributed by atoms with E-state index in [-0.39, 0.29) is 30.0 Å². The highest BCUT2D eigenvalue weighted by Crippen LogP contribution is 2.18. The molecule has 1 aromatic carbocycles. The van der Waals surface area contributed by atoms with Gasteiger partial charge in [-0.25, -0.2) is 0 Å². The number of fused-ring (bicyclic) bond motifs is 1. The first kappa shape index (κ1) is 25.3. The zero-order valence-corrected chi connectivity index (χ0v) is 20.8. The second-order valence-corrected chi connectivity index (χ2v) is 8.66. The molecule has 4 rings (SSSR count). The highest BCUT2D eigenvalue weighted by molar-refractivity contribution is 6.06. The molecule has 0 saturated heterocycles. The third kappa shape index (κ3) is 5.89. The van der Waals surface area contributed by atoms with Gasteiger partial charge in [-0.3, -0.25) is 19.2 Å². The van der Waals surface area contributed by atoms with Gasteiger partial charge in [-0.1, -0.05) is 18.2 Å².